The highest BCUT2D eigenvalue weighted by Gasteiger charge is 2.15. The zero-order valence-electron chi connectivity index (χ0n) is 14.5. The van der Waals surface area contributed by atoms with Crippen LogP contribution in [0.15, 0.2) is 70.0 Å². The first-order valence-corrected chi connectivity index (χ1v) is 8.37. The van der Waals surface area contributed by atoms with E-state index in [-0.39, 0.29) is 12.1 Å². The molecule has 0 aliphatic rings. The van der Waals surface area contributed by atoms with Crippen LogP contribution in [0.25, 0.3) is 22.4 Å². The number of nitrogens with one attached hydrogen (secondary N) is 1. The van der Waals surface area contributed by atoms with Crippen LogP contribution in [0.3, 0.4) is 0 Å². The van der Waals surface area contributed by atoms with Crippen LogP contribution >= 0.6 is 0 Å². The van der Waals surface area contributed by atoms with Crippen molar-refractivity contribution >= 4 is 16.9 Å². The lowest BCUT2D eigenvalue weighted by molar-refractivity contribution is 0.0947. The molecule has 0 saturated heterocycles. The van der Waals surface area contributed by atoms with Gasteiger partial charge in [-0.2, -0.15) is 5.10 Å². The maximum atomic E-state index is 12.4. The molecule has 4 rings (SSSR count). The van der Waals surface area contributed by atoms with Crippen LogP contribution in [0.4, 0.5) is 0 Å². The normalized spacial score (nSPS) is 10.9. The fourth-order valence-electron chi connectivity index (χ4n) is 2.85. The van der Waals surface area contributed by atoms with Crippen molar-refractivity contribution in [3.8, 4) is 11.4 Å². The molecule has 0 radical (unpaired) electrons. The number of carbonyl (C=O) groups excluding carboxylic acids is 1. The van der Waals surface area contributed by atoms with Gasteiger partial charge in [0.1, 0.15) is 11.1 Å². The predicted molar refractivity (Wildman–Crippen MR) is 100 cm³/mol. The number of aromatic nitrogens is 3. The van der Waals surface area contributed by atoms with Gasteiger partial charge in [0.2, 0.25) is 0 Å². The topological polar surface area (TPSA) is 90.0 Å². The van der Waals surface area contributed by atoms with Gasteiger partial charge in [0.15, 0.2) is 0 Å². The first kappa shape index (κ1) is 16.7. The number of para-hydroxylation sites is 1. The van der Waals surface area contributed by atoms with Gasteiger partial charge >= 0.3 is 5.63 Å². The van der Waals surface area contributed by atoms with Crippen LogP contribution in [0.2, 0.25) is 0 Å². The van der Waals surface area contributed by atoms with Crippen molar-refractivity contribution in [1.82, 2.24) is 20.1 Å². The predicted octanol–water partition coefficient (Wildman–Crippen LogP) is 2.52. The molecule has 1 aromatic carbocycles. The van der Waals surface area contributed by atoms with E-state index in [1.54, 1.807) is 29.1 Å². The monoisotopic (exact) mass is 360 g/mol. The molecule has 0 aliphatic heterocycles. The highest BCUT2D eigenvalue weighted by molar-refractivity contribution is 5.96. The Morgan fingerprint density at radius 2 is 1.96 bits per heavy atom. The third-order valence-electron chi connectivity index (χ3n) is 4.17. The molecule has 0 atom stereocenters. The third kappa shape index (κ3) is 3.35. The molecule has 0 aliphatic carbocycles. The van der Waals surface area contributed by atoms with Crippen LogP contribution in [-0.2, 0) is 13.6 Å². The minimum atomic E-state index is -0.665. The summed E-state index contributed by atoms with van der Waals surface area (Å²) in [5, 5.41) is 7.80. The summed E-state index contributed by atoms with van der Waals surface area (Å²) >= 11 is 0. The Kier molecular flexibility index (Phi) is 4.25. The number of pyridine rings is 1. The molecule has 0 spiro atoms. The fraction of sp³-hybridized carbons (Fsp3) is 0.100. The number of hydrogen-bond acceptors (Lipinski definition) is 5. The van der Waals surface area contributed by atoms with Gasteiger partial charge in [0, 0.05) is 18.6 Å². The molecule has 27 heavy (non-hydrogen) atoms. The molecule has 3 heterocycles. The zero-order valence-corrected chi connectivity index (χ0v) is 14.5. The quantitative estimate of drug-likeness (QED) is 0.565. The molecule has 134 valence electrons. The van der Waals surface area contributed by atoms with E-state index in [4.69, 9.17) is 4.42 Å². The van der Waals surface area contributed by atoms with Gasteiger partial charge in [-0.15, -0.1) is 0 Å². The smallest absolute Gasteiger partial charge is 0.349 e. The number of carbonyl (C=O) groups is 1. The highest BCUT2D eigenvalue weighted by Crippen LogP contribution is 2.17. The van der Waals surface area contributed by atoms with Crippen molar-refractivity contribution < 1.29 is 9.21 Å². The summed E-state index contributed by atoms with van der Waals surface area (Å²) in [7, 11) is 1.81. The van der Waals surface area contributed by atoms with Gasteiger partial charge in [0.05, 0.1) is 23.6 Å². The molecular formula is C20H16N4O3. The van der Waals surface area contributed by atoms with E-state index < -0.39 is 11.5 Å². The molecule has 0 bridgehead atoms. The molecule has 7 heteroatoms. The Morgan fingerprint density at radius 1 is 1.15 bits per heavy atom. The van der Waals surface area contributed by atoms with E-state index in [0.29, 0.717) is 16.7 Å². The summed E-state index contributed by atoms with van der Waals surface area (Å²) in [5.74, 6) is -0.500. The van der Waals surface area contributed by atoms with Gasteiger partial charge in [-0.1, -0.05) is 24.3 Å². The minimum Gasteiger partial charge on any atom is -0.422 e. The van der Waals surface area contributed by atoms with Gasteiger partial charge in [-0.3, -0.25) is 14.5 Å². The lowest BCUT2D eigenvalue weighted by atomic mass is 10.2. The van der Waals surface area contributed by atoms with Gasteiger partial charge in [-0.05, 0) is 30.3 Å². The summed E-state index contributed by atoms with van der Waals surface area (Å²) in [5.41, 5.74) is 2.04. The fourth-order valence-corrected chi connectivity index (χ4v) is 2.85. The molecule has 0 saturated carbocycles. The molecule has 3 aromatic heterocycles. The second-order valence-electron chi connectivity index (χ2n) is 6.03. The van der Waals surface area contributed by atoms with Crippen molar-refractivity contribution in [3.05, 3.63) is 82.5 Å². The zero-order chi connectivity index (χ0) is 18.8. The number of aryl methyl sites for hydroxylation is 1. The summed E-state index contributed by atoms with van der Waals surface area (Å²) in [6, 6.07) is 16.1. The highest BCUT2D eigenvalue weighted by atomic mass is 16.4. The second kappa shape index (κ2) is 6.87. The van der Waals surface area contributed by atoms with Crippen LogP contribution in [-0.4, -0.2) is 20.7 Å². The molecule has 7 nitrogen and oxygen atoms in total. The molecule has 0 fully saturated rings. The number of hydrogen-bond donors (Lipinski definition) is 1. The minimum absolute atomic E-state index is 0.0328. The standard InChI is InChI=1S/C20H16N4O3/c1-24-17(16-7-4-5-9-21-16)11-14(23-24)12-22-19(25)15-10-13-6-2-3-8-18(13)27-20(15)26/h2-11H,12H2,1H3,(H,22,25). The van der Waals surface area contributed by atoms with Crippen molar-refractivity contribution in [2.24, 2.45) is 7.05 Å². The average molecular weight is 360 g/mol. The van der Waals surface area contributed by atoms with Crippen LogP contribution < -0.4 is 10.9 Å². The van der Waals surface area contributed by atoms with Crippen molar-refractivity contribution in [3.63, 3.8) is 0 Å². The number of rotatable bonds is 4. The molecule has 0 unspecified atom stereocenters. The Morgan fingerprint density at radius 3 is 2.78 bits per heavy atom. The Bertz CT molecular complexity index is 1180. The molecule has 4 aromatic rings. The summed E-state index contributed by atoms with van der Waals surface area (Å²) in [4.78, 5) is 28.8. The van der Waals surface area contributed by atoms with Gasteiger partial charge < -0.3 is 9.73 Å². The van der Waals surface area contributed by atoms with Crippen LogP contribution in [0.5, 0.6) is 0 Å². The van der Waals surface area contributed by atoms with E-state index in [1.165, 1.54) is 6.07 Å². The first-order chi connectivity index (χ1) is 13.1. The Hall–Kier alpha value is -3.74. The molecule has 1 amide bonds. The molecular weight excluding hydrogens is 344 g/mol. The van der Waals surface area contributed by atoms with E-state index in [9.17, 15) is 9.59 Å². The summed E-state index contributed by atoms with van der Waals surface area (Å²) < 4.78 is 6.91. The van der Waals surface area contributed by atoms with Crippen molar-refractivity contribution in [2.75, 3.05) is 0 Å². The van der Waals surface area contributed by atoms with Crippen molar-refractivity contribution in [1.29, 1.82) is 0 Å². The number of benzene rings is 1. The lowest BCUT2D eigenvalue weighted by Crippen LogP contribution is -2.28. The number of nitrogens with zero attached hydrogens (tertiary/aromatic N) is 3. The van der Waals surface area contributed by atoms with E-state index in [1.807, 2.05) is 37.4 Å². The summed E-state index contributed by atoms with van der Waals surface area (Å²) in [6.45, 7) is 0.186. The Balaban J connectivity index is 1.53. The second-order valence-corrected chi connectivity index (χ2v) is 6.03. The van der Waals surface area contributed by atoms with Gasteiger partial charge in [-0.25, -0.2) is 4.79 Å². The summed E-state index contributed by atoms with van der Waals surface area (Å²) in [6.07, 6.45) is 1.71. The van der Waals surface area contributed by atoms with Gasteiger partial charge in [0.25, 0.3) is 5.91 Å². The third-order valence-corrected chi connectivity index (χ3v) is 4.17. The maximum Gasteiger partial charge on any atom is 0.349 e. The molecule has 1 N–H and O–H groups in total. The van der Waals surface area contributed by atoms with E-state index >= 15 is 0 Å². The number of fused-ring (bicyclic) bond motifs is 1. The van der Waals surface area contributed by atoms with Crippen molar-refractivity contribution in [2.45, 2.75) is 6.54 Å². The van der Waals surface area contributed by atoms with E-state index in [2.05, 4.69) is 15.4 Å². The average Bonchev–Trinajstić information content (AvgIpc) is 3.07. The Labute approximate surface area is 154 Å². The lowest BCUT2D eigenvalue weighted by Gasteiger charge is -2.03. The number of amides is 1. The van der Waals surface area contributed by atoms with Crippen LogP contribution in [0.1, 0.15) is 16.1 Å². The first-order valence-electron chi connectivity index (χ1n) is 8.37. The SMILES string of the molecule is Cn1nc(CNC(=O)c2cc3ccccc3oc2=O)cc1-c1ccccn1. The largest absolute Gasteiger partial charge is 0.422 e. The van der Waals surface area contributed by atoms with Crippen LogP contribution in [0, 0.1) is 0 Å². The van der Waals surface area contributed by atoms with E-state index in [0.717, 1.165) is 11.4 Å². The maximum absolute atomic E-state index is 12.4.